The van der Waals surface area contributed by atoms with Crippen LogP contribution in [0.25, 0.3) is 0 Å². The van der Waals surface area contributed by atoms with Crippen LogP contribution in [0.4, 0.5) is 0 Å². The molecular formula is C55H86N18O23. The molecule has 0 aliphatic carbocycles. The zero-order valence-corrected chi connectivity index (χ0v) is 53.0. The Morgan fingerprint density at radius 1 is 0.510 bits per heavy atom. The number of nitrogens with zero attached hydrogens (tertiary/aromatic N) is 2. The molecule has 11 atom stereocenters. The third-order valence-electron chi connectivity index (χ3n) is 14.0. The smallest absolute Gasteiger partial charge is 0.322 e. The average Bonchev–Trinajstić information content (AvgIpc) is 1.69. The van der Waals surface area contributed by atoms with Crippen LogP contribution < -0.4 is 81.4 Å². The van der Waals surface area contributed by atoms with Gasteiger partial charge in [0.15, 0.2) is 0 Å². The van der Waals surface area contributed by atoms with E-state index in [-0.39, 0.29) is 44.6 Å². The number of amides is 15. The number of primary amides is 3. The van der Waals surface area contributed by atoms with Crippen molar-refractivity contribution in [1.29, 1.82) is 0 Å². The molecule has 41 heteroatoms. The molecule has 1 aromatic rings. The molecule has 2 rings (SSSR count). The van der Waals surface area contributed by atoms with Crippen molar-refractivity contribution < 1.29 is 112 Å². The molecule has 25 N–H and O–H groups in total. The van der Waals surface area contributed by atoms with Crippen molar-refractivity contribution in [3.63, 3.8) is 0 Å². The topological polar surface area (TPSA) is 677 Å². The monoisotopic (exact) mass is 1370 g/mol. The minimum atomic E-state index is -2.16. The van der Waals surface area contributed by atoms with Crippen LogP contribution in [0.2, 0.25) is 0 Å². The summed E-state index contributed by atoms with van der Waals surface area (Å²) in [4.78, 5) is 240. The zero-order chi connectivity index (χ0) is 72.7. The molecule has 0 unspecified atom stereocenters. The highest BCUT2D eigenvalue weighted by Crippen LogP contribution is 2.21. The Morgan fingerprint density at radius 3 is 1.41 bits per heavy atom. The molecule has 1 fully saturated rings. The average molecular weight is 1370 g/mol. The molecule has 1 aromatic heterocycles. The van der Waals surface area contributed by atoms with Gasteiger partial charge in [-0.15, -0.1) is 0 Å². The molecule has 0 spiro atoms. The van der Waals surface area contributed by atoms with E-state index in [1.807, 2.05) is 10.6 Å². The molecule has 0 radical (unpaired) electrons. The van der Waals surface area contributed by atoms with Gasteiger partial charge in [0.05, 0.1) is 51.4 Å². The number of carboxylic acid groups (broad SMARTS) is 3. The SMILES string of the molecule is CC(C)C[C@H](NC(=O)[C@H](CC(=O)O)NC(=O)[C@H](CCC(N)=O)NC(=O)[C@H](CO)NC(=O)[C@H](CC(=O)O)NC(=O)[C@H](CO)NC(=O)[C@@H]1CCCN1C(=O)[C@H](CC(C)C)NC(=O)[C@@H](N)CC(N)=O)C(=O)NCC(=O)N[C@@H](CCC(N)=O)C(=O)N[C@@H](Cc1cnc[nH]1)C(=O)NCC(=O)O. The van der Waals surface area contributed by atoms with Gasteiger partial charge < -0.3 is 117 Å². The number of carbonyl (C=O) groups excluding carboxylic acids is 15. The van der Waals surface area contributed by atoms with Gasteiger partial charge in [-0.1, -0.05) is 27.7 Å². The molecule has 96 heavy (non-hydrogen) atoms. The lowest BCUT2D eigenvalue weighted by Crippen LogP contribution is -2.61. The number of aromatic nitrogens is 2. The van der Waals surface area contributed by atoms with Crippen LogP contribution in [0, 0.1) is 11.8 Å². The quantitative estimate of drug-likeness (QED) is 0.0288. The van der Waals surface area contributed by atoms with Gasteiger partial charge in [-0.2, -0.15) is 0 Å². The molecule has 41 nitrogen and oxygen atoms in total. The molecule has 1 saturated heterocycles. The minimum Gasteiger partial charge on any atom is -0.481 e. The standard InChI is InChI=1S/C55H86N18O23/c1-24(2)12-30(46(87)61-19-41(79)64-28(7-9-38(57)76)48(89)67-31(14-26-18-60-23-63-26)47(88)62-20-44(84)85)66-50(91)32(16-42(80)81)68-49(90)29(8-10-39(58)77)65-52(93)35(21-74)71-51(92)33(17-43(82)83)69-53(94)36(22-75)72-54(95)37-6-5-11-73(37)55(96)34(13-25(3)4)70-45(86)27(56)15-40(59)78/h18,23-25,27-37,74-75H,5-17,19-22,56H2,1-4H3,(H2,57,76)(H2,58,77)(H2,59,78)(H,60,63)(H,61,87)(H,62,88)(H,64,79)(H,65,93)(H,66,91)(H,67,89)(H,68,90)(H,69,94)(H,70,86)(H,71,92)(H,72,95)(H,80,81)(H,82,83)(H,84,85)/t27-,28-,29-,30-,31-,32-,33-,34-,35-,36-,37-/m0/s1. The summed E-state index contributed by atoms with van der Waals surface area (Å²) in [6.07, 6.45) is -2.90. The van der Waals surface area contributed by atoms with Crippen LogP contribution in [0.1, 0.15) is 104 Å². The molecule has 0 bridgehead atoms. The molecule has 1 aliphatic rings. The molecule has 534 valence electrons. The Balaban J connectivity index is 2.29. The largest absolute Gasteiger partial charge is 0.481 e. The summed E-state index contributed by atoms with van der Waals surface area (Å²) in [5, 5.41) is 73.1. The predicted molar refractivity (Wildman–Crippen MR) is 324 cm³/mol. The van der Waals surface area contributed by atoms with Gasteiger partial charge >= 0.3 is 17.9 Å². The van der Waals surface area contributed by atoms with Crippen LogP contribution >= 0.6 is 0 Å². The van der Waals surface area contributed by atoms with Crippen molar-refractivity contribution in [3.05, 3.63) is 18.2 Å². The van der Waals surface area contributed by atoms with Crippen molar-refractivity contribution in [3.8, 4) is 0 Å². The Hall–Kier alpha value is -10.5. The van der Waals surface area contributed by atoms with E-state index in [1.165, 1.54) is 12.5 Å². The summed E-state index contributed by atoms with van der Waals surface area (Å²) >= 11 is 0. The highest BCUT2D eigenvalue weighted by atomic mass is 16.4. The number of carboxylic acids is 3. The van der Waals surface area contributed by atoms with E-state index in [1.54, 1.807) is 27.7 Å². The van der Waals surface area contributed by atoms with Gasteiger partial charge in [0.1, 0.15) is 67.0 Å². The van der Waals surface area contributed by atoms with E-state index >= 15 is 0 Å². The van der Waals surface area contributed by atoms with Crippen LogP contribution in [0.3, 0.4) is 0 Å². The fourth-order valence-electron chi connectivity index (χ4n) is 9.30. The number of likely N-dealkylation sites (tertiary alicyclic amines) is 1. The Kier molecular flexibility index (Phi) is 34.5. The number of imidazole rings is 1. The van der Waals surface area contributed by atoms with Crippen LogP contribution in [-0.4, -0.2) is 246 Å². The fraction of sp³-hybridized carbons (Fsp3) is 0.618. The van der Waals surface area contributed by atoms with Gasteiger partial charge in [0.2, 0.25) is 88.6 Å². The van der Waals surface area contributed by atoms with Gasteiger partial charge in [0, 0.05) is 37.7 Å². The lowest BCUT2D eigenvalue weighted by atomic mass is 10.0. The van der Waals surface area contributed by atoms with Gasteiger partial charge in [-0.3, -0.25) is 86.3 Å². The normalized spacial score (nSPS) is 15.7. The highest BCUT2D eigenvalue weighted by molar-refractivity contribution is 6.01. The molecule has 1 aliphatic heterocycles. The maximum Gasteiger partial charge on any atom is 0.322 e. The second-order valence-electron chi connectivity index (χ2n) is 23.0. The number of nitrogens with one attached hydrogen (secondary N) is 12. The Labute approximate surface area is 547 Å². The van der Waals surface area contributed by atoms with Crippen molar-refractivity contribution in [2.24, 2.45) is 34.8 Å². The minimum absolute atomic E-state index is 0.0119. The lowest BCUT2D eigenvalue weighted by molar-refractivity contribution is -0.143. The number of rotatable bonds is 44. The van der Waals surface area contributed by atoms with Crippen LogP contribution in [0.5, 0.6) is 0 Å². The van der Waals surface area contributed by atoms with Crippen LogP contribution in [-0.2, 0) is 92.7 Å². The van der Waals surface area contributed by atoms with Gasteiger partial charge in [-0.05, 0) is 50.4 Å². The second-order valence-corrected chi connectivity index (χ2v) is 23.0. The number of hydrogen-bond acceptors (Lipinski definition) is 22. The number of aliphatic hydroxyl groups is 2. The van der Waals surface area contributed by atoms with E-state index in [4.69, 9.17) is 28.0 Å². The first-order chi connectivity index (χ1) is 45.0. The first-order valence-electron chi connectivity index (χ1n) is 30.0. The van der Waals surface area contributed by atoms with Crippen molar-refractivity contribution >= 4 is 107 Å². The number of aliphatic hydroxyl groups excluding tert-OH is 2. The first kappa shape index (κ1) is 81.6. The van der Waals surface area contributed by atoms with Crippen molar-refractivity contribution in [2.45, 2.75) is 171 Å². The molecular weight excluding hydrogens is 1280 g/mol. The molecule has 0 aromatic carbocycles. The fourth-order valence-corrected chi connectivity index (χ4v) is 9.30. The second kappa shape index (κ2) is 40.6. The van der Waals surface area contributed by atoms with E-state index < -0.39 is 250 Å². The lowest BCUT2D eigenvalue weighted by Gasteiger charge is -2.31. The highest BCUT2D eigenvalue weighted by Gasteiger charge is 2.41. The van der Waals surface area contributed by atoms with E-state index in [9.17, 15) is 107 Å². The van der Waals surface area contributed by atoms with Crippen LogP contribution in [0.15, 0.2) is 12.5 Å². The first-order valence-corrected chi connectivity index (χ1v) is 30.0. The maximum atomic E-state index is 13.9. The summed E-state index contributed by atoms with van der Waals surface area (Å²) in [5.41, 5.74) is 21.8. The van der Waals surface area contributed by atoms with E-state index in [0.29, 0.717) is 5.69 Å². The van der Waals surface area contributed by atoms with Crippen molar-refractivity contribution in [1.82, 2.24) is 73.4 Å². The molecule has 2 heterocycles. The summed E-state index contributed by atoms with van der Waals surface area (Å²) in [7, 11) is 0. The summed E-state index contributed by atoms with van der Waals surface area (Å²) < 4.78 is 0. The third kappa shape index (κ3) is 29.7. The molecule has 15 amide bonds. The zero-order valence-electron chi connectivity index (χ0n) is 53.0. The number of carbonyl (C=O) groups is 18. The number of aromatic amines is 1. The predicted octanol–water partition coefficient (Wildman–Crippen LogP) is -10.6. The number of hydrogen-bond donors (Lipinski definition) is 21. The number of H-pyrrole nitrogens is 1. The summed E-state index contributed by atoms with van der Waals surface area (Å²) in [5.74, 6) is -22.2. The maximum absolute atomic E-state index is 13.9. The van der Waals surface area contributed by atoms with E-state index in [2.05, 4.69) is 57.8 Å². The van der Waals surface area contributed by atoms with Gasteiger partial charge in [-0.25, -0.2) is 4.98 Å². The number of nitrogens with two attached hydrogens (primary N) is 4. The Morgan fingerprint density at radius 2 is 0.938 bits per heavy atom. The number of aliphatic carboxylic acids is 3. The summed E-state index contributed by atoms with van der Waals surface area (Å²) in [6, 6.07) is -18.9. The van der Waals surface area contributed by atoms with Crippen molar-refractivity contribution in [2.75, 3.05) is 32.8 Å². The summed E-state index contributed by atoms with van der Waals surface area (Å²) in [6.45, 7) is 2.37. The Bertz CT molecular complexity index is 2980. The van der Waals surface area contributed by atoms with Gasteiger partial charge in [0.25, 0.3) is 0 Å². The molecule has 0 saturated carbocycles. The van der Waals surface area contributed by atoms with E-state index in [0.717, 1.165) is 4.90 Å². The third-order valence-corrected chi connectivity index (χ3v) is 14.0.